The van der Waals surface area contributed by atoms with Gasteiger partial charge in [-0.2, -0.15) is 13.2 Å². The molecule has 2 heterocycles. The summed E-state index contributed by atoms with van der Waals surface area (Å²) in [6.07, 6.45) is -3.03. The van der Waals surface area contributed by atoms with Gasteiger partial charge in [-0.25, -0.2) is 15.0 Å². The molecule has 4 rings (SSSR count). The van der Waals surface area contributed by atoms with Crippen molar-refractivity contribution in [2.45, 2.75) is 12.7 Å². The molecule has 0 bridgehead atoms. The molecule has 0 amide bonds. The Kier molecular flexibility index (Phi) is 4.34. The van der Waals surface area contributed by atoms with Crippen LogP contribution in [0, 0.1) is 0 Å². The lowest BCUT2D eigenvalue weighted by molar-refractivity contribution is -0.137. The molecular weight excluding hydrogens is 369 g/mol. The molecule has 0 radical (unpaired) electrons. The molecular formula is C19H15F3N6. The largest absolute Gasteiger partial charge is 0.416 e. The molecule has 28 heavy (non-hydrogen) atoms. The van der Waals surface area contributed by atoms with Gasteiger partial charge in [0.15, 0.2) is 11.5 Å². The van der Waals surface area contributed by atoms with E-state index in [-0.39, 0.29) is 6.54 Å². The minimum Gasteiger partial charge on any atom is -0.399 e. The minimum atomic E-state index is -4.38. The van der Waals surface area contributed by atoms with E-state index in [9.17, 15) is 13.2 Å². The number of aromatic amines is 1. The van der Waals surface area contributed by atoms with Crippen molar-refractivity contribution in [2.24, 2.45) is 0 Å². The summed E-state index contributed by atoms with van der Waals surface area (Å²) in [5.74, 6) is 1.02. The maximum Gasteiger partial charge on any atom is 0.416 e. The first-order valence-electron chi connectivity index (χ1n) is 8.37. The summed E-state index contributed by atoms with van der Waals surface area (Å²) < 4.78 is 38.6. The van der Waals surface area contributed by atoms with Gasteiger partial charge in [-0.1, -0.05) is 24.3 Å². The molecule has 0 unspecified atom stereocenters. The number of imidazole rings is 1. The first-order valence-corrected chi connectivity index (χ1v) is 8.37. The van der Waals surface area contributed by atoms with Gasteiger partial charge in [0, 0.05) is 17.8 Å². The standard InChI is InChI=1S/C19H15F3N6/c20-19(21,22)13-5-1-3-11(7-13)9-24-17-15-18(26-10-25-17)28-16(27-15)12-4-2-6-14(23)8-12/h1-8,10H,9,23H2,(H2,24,25,26,27,28). The second-order valence-corrected chi connectivity index (χ2v) is 6.18. The van der Waals surface area contributed by atoms with Crippen LogP contribution in [0.3, 0.4) is 0 Å². The molecule has 0 aliphatic carbocycles. The van der Waals surface area contributed by atoms with E-state index in [1.54, 1.807) is 18.2 Å². The number of aromatic nitrogens is 4. The van der Waals surface area contributed by atoms with E-state index in [1.165, 1.54) is 12.4 Å². The van der Waals surface area contributed by atoms with Gasteiger partial charge in [0.2, 0.25) is 0 Å². The number of alkyl halides is 3. The number of benzene rings is 2. The average Bonchev–Trinajstić information content (AvgIpc) is 3.11. The molecule has 9 heteroatoms. The number of rotatable bonds is 4. The fraction of sp³-hybridized carbons (Fsp3) is 0.105. The SMILES string of the molecule is Nc1cccc(-c2nc3ncnc(NCc4cccc(C(F)(F)F)c4)c3[nH]2)c1. The number of anilines is 2. The number of H-pyrrole nitrogens is 1. The Morgan fingerprint density at radius 1 is 1.04 bits per heavy atom. The van der Waals surface area contributed by atoms with Crippen LogP contribution in [-0.4, -0.2) is 19.9 Å². The summed E-state index contributed by atoms with van der Waals surface area (Å²) in [7, 11) is 0. The van der Waals surface area contributed by atoms with Crippen molar-refractivity contribution >= 4 is 22.7 Å². The van der Waals surface area contributed by atoms with E-state index in [4.69, 9.17) is 5.73 Å². The normalized spacial score (nSPS) is 11.7. The monoisotopic (exact) mass is 384 g/mol. The molecule has 0 aliphatic heterocycles. The molecule has 2 aromatic heterocycles. The summed E-state index contributed by atoms with van der Waals surface area (Å²) in [6.45, 7) is 0.169. The maximum atomic E-state index is 12.9. The van der Waals surface area contributed by atoms with Crippen LogP contribution < -0.4 is 11.1 Å². The molecule has 0 atom stereocenters. The third kappa shape index (κ3) is 3.59. The predicted molar refractivity (Wildman–Crippen MR) is 100 cm³/mol. The first-order chi connectivity index (χ1) is 13.4. The molecule has 6 nitrogen and oxygen atoms in total. The van der Waals surface area contributed by atoms with Gasteiger partial charge in [-0.15, -0.1) is 0 Å². The highest BCUT2D eigenvalue weighted by Crippen LogP contribution is 2.30. The summed E-state index contributed by atoms with van der Waals surface area (Å²) in [5.41, 5.74) is 8.01. The predicted octanol–water partition coefficient (Wildman–Crippen LogP) is 4.23. The molecule has 4 aromatic rings. The van der Waals surface area contributed by atoms with Gasteiger partial charge in [0.25, 0.3) is 0 Å². The van der Waals surface area contributed by atoms with Crippen LogP contribution in [0.15, 0.2) is 54.9 Å². The number of nitrogen functional groups attached to an aromatic ring is 1. The smallest absolute Gasteiger partial charge is 0.399 e. The van der Waals surface area contributed by atoms with E-state index in [1.807, 2.05) is 12.1 Å². The highest BCUT2D eigenvalue weighted by atomic mass is 19.4. The second-order valence-electron chi connectivity index (χ2n) is 6.18. The Balaban J connectivity index is 1.61. The quantitative estimate of drug-likeness (QED) is 0.458. The minimum absolute atomic E-state index is 0.169. The van der Waals surface area contributed by atoms with Gasteiger partial charge in [-0.3, -0.25) is 0 Å². The lowest BCUT2D eigenvalue weighted by Gasteiger charge is -2.10. The molecule has 0 saturated heterocycles. The van der Waals surface area contributed by atoms with Crippen molar-refractivity contribution < 1.29 is 13.2 Å². The van der Waals surface area contributed by atoms with E-state index < -0.39 is 11.7 Å². The van der Waals surface area contributed by atoms with Crippen LogP contribution in [0.4, 0.5) is 24.7 Å². The van der Waals surface area contributed by atoms with Gasteiger partial charge in [0.1, 0.15) is 17.7 Å². The van der Waals surface area contributed by atoms with Crippen molar-refractivity contribution in [1.82, 2.24) is 19.9 Å². The van der Waals surface area contributed by atoms with Crippen LogP contribution in [0.5, 0.6) is 0 Å². The highest BCUT2D eigenvalue weighted by molar-refractivity contribution is 5.85. The number of halogens is 3. The van der Waals surface area contributed by atoms with Crippen molar-refractivity contribution in [3.63, 3.8) is 0 Å². The molecule has 2 aromatic carbocycles. The fourth-order valence-electron chi connectivity index (χ4n) is 2.83. The van der Waals surface area contributed by atoms with E-state index >= 15 is 0 Å². The molecule has 0 aliphatic rings. The number of nitrogens with one attached hydrogen (secondary N) is 2. The summed E-state index contributed by atoms with van der Waals surface area (Å²) >= 11 is 0. The topological polar surface area (TPSA) is 92.5 Å². The molecule has 142 valence electrons. The van der Waals surface area contributed by atoms with Crippen LogP contribution >= 0.6 is 0 Å². The number of hydrogen-bond acceptors (Lipinski definition) is 5. The highest BCUT2D eigenvalue weighted by Gasteiger charge is 2.30. The number of nitrogens with two attached hydrogens (primary N) is 1. The number of fused-ring (bicyclic) bond motifs is 1. The number of hydrogen-bond donors (Lipinski definition) is 3. The molecule has 4 N–H and O–H groups in total. The Morgan fingerprint density at radius 2 is 1.86 bits per heavy atom. The Morgan fingerprint density at radius 3 is 2.64 bits per heavy atom. The molecule has 0 fully saturated rings. The summed E-state index contributed by atoms with van der Waals surface area (Å²) in [5, 5.41) is 3.04. The van der Waals surface area contributed by atoms with Crippen molar-refractivity contribution in [1.29, 1.82) is 0 Å². The van der Waals surface area contributed by atoms with Crippen LogP contribution in [0.1, 0.15) is 11.1 Å². The van der Waals surface area contributed by atoms with Crippen molar-refractivity contribution in [3.8, 4) is 11.4 Å². The fourth-order valence-corrected chi connectivity index (χ4v) is 2.83. The Bertz CT molecular complexity index is 1140. The van der Waals surface area contributed by atoms with Crippen molar-refractivity contribution in [3.05, 3.63) is 66.0 Å². The van der Waals surface area contributed by atoms with Crippen molar-refractivity contribution in [2.75, 3.05) is 11.1 Å². The Hall–Kier alpha value is -3.62. The third-order valence-corrected chi connectivity index (χ3v) is 4.16. The van der Waals surface area contributed by atoms with Gasteiger partial charge >= 0.3 is 6.18 Å². The summed E-state index contributed by atoms with van der Waals surface area (Å²) in [6, 6.07) is 12.4. The van der Waals surface area contributed by atoms with E-state index in [0.717, 1.165) is 17.7 Å². The lowest BCUT2D eigenvalue weighted by atomic mass is 10.1. The van der Waals surface area contributed by atoms with E-state index in [2.05, 4.69) is 25.3 Å². The first kappa shape index (κ1) is 17.8. The van der Waals surface area contributed by atoms with E-state index in [0.29, 0.717) is 34.1 Å². The molecule has 0 saturated carbocycles. The third-order valence-electron chi connectivity index (χ3n) is 4.16. The Labute approximate surface area is 157 Å². The zero-order valence-electron chi connectivity index (χ0n) is 14.5. The second kappa shape index (κ2) is 6.84. The number of nitrogens with zero attached hydrogens (tertiary/aromatic N) is 3. The van der Waals surface area contributed by atoms with Crippen LogP contribution in [-0.2, 0) is 12.7 Å². The zero-order valence-corrected chi connectivity index (χ0v) is 14.5. The van der Waals surface area contributed by atoms with Gasteiger partial charge < -0.3 is 16.0 Å². The summed E-state index contributed by atoms with van der Waals surface area (Å²) in [4.78, 5) is 15.9. The zero-order chi connectivity index (χ0) is 19.7. The molecule has 0 spiro atoms. The lowest BCUT2D eigenvalue weighted by Crippen LogP contribution is -2.07. The maximum absolute atomic E-state index is 12.9. The van der Waals surface area contributed by atoms with Gasteiger partial charge in [-0.05, 0) is 29.8 Å². The van der Waals surface area contributed by atoms with Crippen LogP contribution in [0.2, 0.25) is 0 Å². The average molecular weight is 384 g/mol. The van der Waals surface area contributed by atoms with Crippen LogP contribution in [0.25, 0.3) is 22.6 Å². The van der Waals surface area contributed by atoms with Gasteiger partial charge in [0.05, 0.1) is 5.56 Å².